The molecular formula is C57H30O2. The van der Waals surface area contributed by atoms with Crippen molar-refractivity contribution in [1.82, 2.24) is 0 Å². The van der Waals surface area contributed by atoms with Crippen molar-refractivity contribution >= 4 is 76.0 Å². The first-order valence-corrected chi connectivity index (χ1v) is 22.9. The number of Topliss-reactive ketones (excluding diaryl/α,β-unsaturated/α-hetero) is 1. The van der Waals surface area contributed by atoms with Gasteiger partial charge in [-0.3, -0.25) is 4.79 Å². The summed E-state index contributed by atoms with van der Waals surface area (Å²) in [4.78, 5) is 13.2. The second kappa shape index (κ2) is 6.84. The third kappa shape index (κ3) is 1.74. The minimum Gasteiger partial charge on any atom is -0.389 e. The van der Waals surface area contributed by atoms with Crippen LogP contribution in [0.4, 0.5) is 0 Å². The highest BCUT2D eigenvalue weighted by Crippen LogP contribution is 2.98. The van der Waals surface area contributed by atoms with Crippen molar-refractivity contribution in [1.29, 1.82) is 0 Å². The van der Waals surface area contributed by atoms with Crippen LogP contribution < -0.4 is 0 Å². The number of rotatable bonds is 6. The van der Waals surface area contributed by atoms with Gasteiger partial charge in [0.25, 0.3) is 0 Å². The van der Waals surface area contributed by atoms with E-state index in [9.17, 15) is 9.90 Å². The molecule has 59 heavy (non-hydrogen) atoms. The van der Waals surface area contributed by atoms with E-state index in [2.05, 4.69) is 66.8 Å². The maximum absolute atomic E-state index is 13.2. The van der Waals surface area contributed by atoms with Crippen molar-refractivity contribution in [3.8, 4) is 0 Å². The molecule has 0 radical (unpaired) electrons. The van der Waals surface area contributed by atoms with Crippen LogP contribution in [0.3, 0.4) is 0 Å². The van der Waals surface area contributed by atoms with Crippen LogP contribution in [0, 0.1) is 11.8 Å². The lowest BCUT2D eigenvalue weighted by Gasteiger charge is -2.44. The molecule has 11 unspecified atom stereocenters. The van der Waals surface area contributed by atoms with Gasteiger partial charge in [0.1, 0.15) is 6.61 Å². The summed E-state index contributed by atoms with van der Waals surface area (Å²) in [5.41, 5.74) is 28.3. The highest BCUT2D eigenvalue weighted by atomic mass is 16.3. The zero-order valence-electron chi connectivity index (χ0n) is 31.9. The molecule has 0 heterocycles. The number of aliphatic hydroxyl groups excluding tert-OH is 1. The molecule has 1 fully saturated rings. The fourth-order valence-corrected chi connectivity index (χ4v) is 21.6. The predicted octanol–water partition coefficient (Wildman–Crippen LogP) is 10.9. The zero-order chi connectivity index (χ0) is 36.8. The molecule has 14 aliphatic rings. The average molecular weight is 747 g/mol. The van der Waals surface area contributed by atoms with E-state index < -0.39 is 0 Å². The molecule has 8 aromatic carbocycles. The lowest BCUT2D eigenvalue weighted by molar-refractivity contribution is -0.121. The van der Waals surface area contributed by atoms with Crippen LogP contribution in [0.2, 0.25) is 0 Å². The Balaban J connectivity index is 1.12. The molecule has 0 aliphatic heterocycles. The van der Waals surface area contributed by atoms with Crippen LogP contribution >= 0.6 is 0 Å². The van der Waals surface area contributed by atoms with Gasteiger partial charge >= 0.3 is 0 Å². The van der Waals surface area contributed by atoms with Crippen molar-refractivity contribution in [3.63, 3.8) is 0 Å². The Bertz CT molecular complexity index is 4080. The lowest BCUT2D eigenvalue weighted by atomic mass is 9.57. The van der Waals surface area contributed by atoms with Gasteiger partial charge in [-0.1, -0.05) is 66.8 Å². The molecule has 8 aromatic rings. The van der Waals surface area contributed by atoms with Crippen LogP contribution in [0.1, 0.15) is 138 Å². The van der Waals surface area contributed by atoms with Crippen LogP contribution in [-0.4, -0.2) is 17.5 Å². The minimum atomic E-state index is -0.355. The molecule has 1 N–H and O–H groups in total. The molecule has 0 saturated heterocycles. The fraction of sp³-hybridized carbons (Fsp3) is 0.281. The van der Waals surface area contributed by atoms with E-state index in [4.69, 9.17) is 0 Å². The lowest BCUT2D eigenvalue weighted by Crippen LogP contribution is -2.40. The molecule has 2 spiro atoms. The van der Waals surface area contributed by atoms with E-state index in [0.29, 0.717) is 53.8 Å². The number of hydrogen-bond donors (Lipinski definition) is 1. The largest absolute Gasteiger partial charge is 0.389 e. The van der Waals surface area contributed by atoms with Crippen molar-refractivity contribution < 1.29 is 9.90 Å². The Morgan fingerprint density at radius 2 is 1.47 bits per heavy atom. The van der Waals surface area contributed by atoms with E-state index in [-0.39, 0.29) is 28.6 Å². The summed E-state index contributed by atoms with van der Waals surface area (Å²) in [6.45, 7) is -0.355. The second-order valence-electron chi connectivity index (χ2n) is 22.0. The van der Waals surface area contributed by atoms with Crippen molar-refractivity contribution in [3.05, 3.63) is 156 Å². The van der Waals surface area contributed by atoms with Gasteiger partial charge in [0.05, 0.1) is 0 Å². The Hall–Kier alpha value is -5.57. The van der Waals surface area contributed by atoms with Gasteiger partial charge in [-0.05, 0) is 196 Å². The maximum Gasteiger partial charge on any atom is 0.158 e. The first-order chi connectivity index (χ1) is 29.2. The van der Waals surface area contributed by atoms with E-state index in [1.807, 2.05) is 0 Å². The quantitative estimate of drug-likeness (QED) is 0.136. The Morgan fingerprint density at radius 1 is 0.678 bits per heavy atom. The van der Waals surface area contributed by atoms with E-state index in [0.717, 1.165) is 12.8 Å². The molecule has 0 aromatic heterocycles. The summed E-state index contributed by atoms with van der Waals surface area (Å²) < 4.78 is 0. The van der Waals surface area contributed by atoms with Gasteiger partial charge in [0.15, 0.2) is 5.78 Å². The smallest absolute Gasteiger partial charge is 0.158 e. The second-order valence-corrected chi connectivity index (χ2v) is 22.0. The number of carbonyl (C=O) groups is 1. The summed E-state index contributed by atoms with van der Waals surface area (Å²) in [5.74, 6) is 3.94. The number of hydrogen-bond acceptors (Lipinski definition) is 2. The Kier molecular flexibility index (Phi) is 3.07. The summed E-state index contributed by atoms with van der Waals surface area (Å²) in [6.07, 6.45) is 14.1. The predicted molar refractivity (Wildman–Crippen MR) is 229 cm³/mol. The normalized spacial score (nSPS) is 37.5. The van der Waals surface area contributed by atoms with Crippen molar-refractivity contribution in [2.75, 3.05) is 6.61 Å². The van der Waals surface area contributed by atoms with Crippen molar-refractivity contribution in [2.24, 2.45) is 11.8 Å². The number of ketones is 1. The molecule has 22 rings (SSSR count). The molecule has 14 aliphatic carbocycles. The first kappa shape index (κ1) is 26.5. The molecule has 270 valence electrons. The molecule has 1 saturated carbocycles. The van der Waals surface area contributed by atoms with Gasteiger partial charge in [-0.15, -0.1) is 0 Å². The van der Waals surface area contributed by atoms with Gasteiger partial charge < -0.3 is 5.11 Å². The number of fused-ring (bicyclic) bond motifs is 5. The molecule has 0 bridgehead atoms. The van der Waals surface area contributed by atoms with Gasteiger partial charge in [-0.25, -0.2) is 0 Å². The topological polar surface area (TPSA) is 37.3 Å². The fourth-order valence-electron chi connectivity index (χ4n) is 21.6. The third-order valence-corrected chi connectivity index (χ3v) is 21.7. The summed E-state index contributed by atoms with van der Waals surface area (Å²) in [7, 11) is 0. The highest BCUT2D eigenvalue weighted by Gasteiger charge is 2.97. The van der Waals surface area contributed by atoms with Crippen LogP contribution in [0.5, 0.6) is 0 Å². The van der Waals surface area contributed by atoms with Crippen LogP contribution in [0.15, 0.2) is 72.3 Å². The third-order valence-electron chi connectivity index (χ3n) is 21.7. The van der Waals surface area contributed by atoms with Gasteiger partial charge in [0, 0.05) is 52.3 Å². The van der Waals surface area contributed by atoms with E-state index in [1.54, 1.807) is 154 Å². The summed E-state index contributed by atoms with van der Waals surface area (Å²) in [6, 6.07) is 17.5. The monoisotopic (exact) mass is 746 g/mol. The number of allylic oxidation sites excluding steroid dienone is 6. The van der Waals surface area contributed by atoms with E-state index >= 15 is 0 Å². The number of carbonyl (C=O) groups excluding carboxylic acids is 1. The molecule has 0 amide bonds. The zero-order valence-corrected chi connectivity index (χ0v) is 31.9. The van der Waals surface area contributed by atoms with Crippen LogP contribution in [-0.2, 0) is 27.5 Å². The van der Waals surface area contributed by atoms with Gasteiger partial charge in [0.2, 0.25) is 0 Å². The minimum absolute atomic E-state index is 0.0120. The Morgan fingerprint density at radius 3 is 2.39 bits per heavy atom. The van der Waals surface area contributed by atoms with E-state index in [1.165, 1.54) is 12.0 Å². The molecular weight excluding hydrogens is 717 g/mol. The van der Waals surface area contributed by atoms with Crippen molar-refractivity contribution in [2.45, 2.75) is 77.4 Å². The number of aliphatic hydroxyl groups is 1. The first-order valence-electron chi connectivity index (χ1n) is 22.9. The molecule has 2 heteroatoms. The maximum atomic E-state index is 13.2. The summed E-state index contributed by atoms with van der Waals surface area (Å²) >= 11 is 0. The van der Waals surface area contributed by atoms with Crippen LogP contribution in [0.25, 0.3) is 70.2 Å². The van der Waals surface area contributed by atoms with Gasteiger partial charge in [-0.2, -0.15) is 0 Å². The Labute approximate surface area is 336 Å². The highest BCUT2D eigenvalue weighted by molar-refractivity contribution is 6.48. The number of benzene rings is 8. The average Bonchev–Trinajstić information content (AvgIpc) is 4.04. The molecule has 11 atom stereocenters. The summed E-state index contributed by atoms with van der Waals surface area (Å²) in [5, 5.41) is 30.3. The standard InChI is InChI=1S/C57H30O2/c58-16-19(59)7-4-12-55(18-5-2-1-3-6-18)56-51-23-11-10-21-20-8-9-22-24-15-27-34-33-26-14-17-13-25(23)52(56)46-28(17)32(26)40-41(33)42-38(34)35(27)37-31(24)39-29(22)30(20)47(36(21)51)53-48(39)50-44(37)43(42)45(40)49(46)54(50)57(53,55)56/h1-3,5-6,8-11,13,15,22-23,26,33-34,36,41,51,58H,4,7,12,14,16H2. The molecule has 2 nitrogen and oxygen atoms in total. The SMILES string of the molecule is O=C(CO)CCCC1(c2ccccc2)C23c4c5c6c7c8c4c4c2c2c9c%10c%11cc%12c9c9c%13c2c2c%14c%15c%16c(cc(c8c%16c24)C7C=CC6=C2C=CC%11C(C25)C%1013)C%15C(C9C%12)C%13%14.